The quantitative estimate of drug-likeness (QED) is 0.779. The molecule has 0 amide bonds. The van der Waals surface area contributed by atoms with Crippen LogP contribution in [0.1, 0.15) is 38.3 Å². The Hall–Kier alpha value is -1.88. The van der Waals surface area contributed by atoms with Crippen molar-refractivity contribution in [3.05, 3.63) is 52.2 Å². The maximum Gasteiger partial charge on any atom is 0.305 e. The minimum Gasteiger partial charge on any atom is -0.330 e. The second kappa shape index (κ2) is 5.85. The fraction of sp³-hybridized carbons (Fsp3) is 0.375. The number of aromatic nitrogens is 3. The van der Waals surface area contributed by atoms with Gasteiger partial charge < -0.3 is 9.55 Å². The summed E-state index contributed by atoms with van der Waals surface area (Å²) in [6.45, 7) is 4.45. The molecule has 1 N–H and O–H groups in total. The minimum atomic E-state index is 0.00358. The molecule has 2 aromatic heterocycles. The first-order valence-electron chi connectivity index (χ1n) is 7.33. The summed E-state index contributed by atoms with van der Waals surface area (Å²) in [5.41, 5.74) is 2.16. The third-order valence-corrected chi connectivity index (χ3v) is 4.97. The van der Waals surface area contributed by atoms with E-state index >= 15 is 0 Å². The first kappa shape index (κ1) is 14.1. The van der Waals surface area contributed by atoms with Crippen molar-refractivity contribution in [2.24, 2.45) is 5.92 Å². The Morgan fingerprint density at radius 3 is 2.81 bits per heavy atom. The highest BCUT2D eigenvalue weighted by atomic mass is 32.1. The van der Waals surface area contributed by atoms with Gasteiger partial charge in [0.1, 0.15) is 0 Å². The van der Waals surface area contributed by atoms with Crippen molar-refractivity contribution >= 4 is 21.6 Å². The molecule has 0 aliphatic heterocycles. The molecule has 4 nitrogen and oxygen atoms in total. The molecule has 21 heavy (non-hydrogen) atoms. The normalized spacial score (nSPS) is 13.1. The van der Waals surface area contributed by atoms with Gasteiger partial charge in [0, 0.05) is 12.4 Å². The standard InChI is InChI=1S/C16H19N3OS/c1-3-11(4-2)15(19-8-7-17-10-19)12-5-6-13-14(9-12)21-16(20)18-13/h5-11,15H,3-4H2,1-2H3,(H,18,20). The van der Waals surface area contributed by atoms with E-state index in [-0.39, 0.29) is 10.9 Å². The molecule has 3 rings (SSSR count). The fourth-order valence-corrected chi connectivity index (χ4v) is 3.79. The zero-order valence-electron chi connectivity index (χ0n) is 12.2. The van der Waals surface area contributed by atoms with Crippen LogP contribution in [-0.4, -0.2) is 14.5 Å². The summed E-state index contributed by atoms with van der Waals surface area (Å²) in [5, 5.41) is 0. The van der Waals surface area contributed by atoms with Crippen LogP contribution in [0.15, 0.2) is 41.7 Å². The van der Waals surface area contributed by atoms with Gasteiger partial charge in [0.15, 0.2) is 0 Å². The number of fused-ring (bicyclic) bond motifs is 1. The molecule has 0 aliphatic rings. The zero-order valence-corrected chi connectivity index (χ0v) is 13.1. The average Bonchev–Trinajstić information content (AvgIpc) is 3.11. The molecule has 1 unspecified atom stereocenters. The van der Waals surface area contributed by atoms with Crippen LogP contribution in [0.2, 0.25) is 0 Å². The Bertz CT molecular complexity index is 768. The Balaban J connectivity index is 2.10. The highest BCUT2D eigenvalue weighted by Crippen LogP contribution is 2.33. The predicted molar refractivity (Wildman–Crippen MR) is 86.9 cm³/mol. The van der Waals surface area contributed by atoms with Crippen molar-refractivity contribution in [3.8, 4) is 0 Å². The SMILES string of the molecule is CCC(CC)C(c1ccc2[nH]c(=O)sc2c1)n1ccnc1. The van der Waals surface area contributed by atoms with Crippen LogP contribution in [-0.2, 0) is 0 Å². The summed E-state index contributed by atoms with van der Waals surface area (Å²) < 4.78 is 3.20. The van der Waals surface area contributed by atoms with Gasteiger partial charge in [-0.2, -0.15) is 0 Å². The van der Waals surface area contributed by atoms with Crippen molar-refractivity contribution in [2.75, 3.05) is 0 Å². The van der Waals surface area contributed by atoms with E-state index in [0.717, 1.165) is 23.1 Å². The molecule has 5 heteroatoms. The summed E-state index contributed by atoms with van der Waals surface area (Å²) in [6, 6.07) is 6.54. The van der Waals surface area contributed by atoms with E-state index < -0.39 is 0 Å². The van der Waals surface area contributed by atoms with E-state index in [1.54, 1.807) is 0 Å². The molecule has 2 heterocycles. The van der Waals surface area contributed by atoms with Crippen molar-refractivity contribution in [1.82, 2.24) is 14.5 Å². The lowest BCUT2D eigenvalue weighted by molar-refractivity contribution is 0.355. The lowest BCUT2D eigenvalue weighted by Gasteiger charge is -2.27. The Labute approximate surface area is 127 Å². The van der Waals surface area contributed by atoms with Crippen molar-refractivity contribution in [3.63, 3.8) is 0 Å². The van der Waals surface area contributed by atoms with Gasteiger partial charge in [-0.25, -0.2) is 4.98 Å². The van der Waals surface area contributed by atoms with E-state index in [0.29, 0.717) is 5.92 Å². The molecule has 0 fully saturated rings. The number of imidazole rings is 1. The zero-order chi connectivity index (χ0) is 14.8. The smallest absolute Gasteiger partial charge is 0.305 e. The molecule has 0 saturated carbocycles. The Morgan fingerprint density at radius 2 is 2.14 bits per heavy atom. The van der Waals surface area contributed by atoms with Crippen LogP contribution in [0.25, 0.3) is 10.2 Å². The molecular weight excluding hydrogens is 282 g/mol. The number of nitrogens with zero attached hydrogens (tertiary/aromatic N) is 2. The molecule has 0 radical (unpaired) electrons. The number of benzene rings is 1. The van der Waals surface area contributed by atoms with E-state index in [1.165, 1.54) is 16.9 Å². The van der Waals surface area contributed by atoms with E-state index in [4.69, 9.17) is 0 Å². The number of hydrogen-bond donors (Lipinski definition) is 1. The fourth-order valence-electron chi connectivity index (χ4n) is 3.00. The number of H-pyrrole nitrogens is 1. The first-order chi connectivity index (χ1) is 10.2. The van der Waals surface area contributed by atoms with E-state index in [9.17, 15) is 4.79 Å². The van der Waals surface area contributed by atoms with Gasteiger partial charge in [-0.3, -0.25) is 4.79 Å². The molecule has 0 aliphatic carbocycles. The molecule has 0 spiro atoms. The van der Waals surface area contributed by atoms with Crippen molar-refractivity contribution in [1.29, 1.82) is 0 Å². The summed E-state index contributed by atoms with van der Waals surface area (Å²) in [4.78, 5) is 18.6. The van der Waals surface area contributed by atoms with Crippen LogP contribution < -0.4 is 4.87 Å². The van der Waals surface area contributed by atoms with Crippen LogP contribution in [0.4, 0.5) is 0 Å². The largest absolute Gasteiger partial charge is 0.330 e. The number of thiazole rings is 1. The molecule has 1 atom stereocenters. The first-order valence-corrected chi connectivity index (χ1v) is 8.14. The molecule has 1 aromatic carbocycles. The lowest BCUT2D eigenvalue weighted by atomic mass is 9.88. The minimum absolute atomic E-state index is 0.00358. The topological polar surface area (TPSA) is 50.7 Å². The van der Waals surface area contributed by atoms with Gasteiger partial charge in [0.2, 0.25) is 0 Å². The molecule has 0 saturated heterocycles. The highest BCUT2D eigenvalue weighted by molar-refractivity contribution is 7.16. The monoisotopic (exact) mass is 301 g/mol. The van der Waals surface area contributed by atoms with Crippen molar-refractivity contribution in [2.45, 2.75) is 32.7 Å². The summed E-state index contributed by atoms with van der Waals surface area (Å²) in [5.74, 6) is 0.548. The second-order valence-electron chi connectivity index (χ2n) is 5.30. The van der Waals surface area contributed by atoms with Crippen LogP contribution in [0.5, 0.6) is 0 Å². The molecule has 0 bridgehead atoms. The summed E-state index contributed by atoms with van der Waals surface area (Å²) in [6.07, 6.45) is 7.95. The molecule has 3 aromatic rings. The van der Waals surface area contributed by atoms with E-state index in [2.05, 4.69) is 40.5 Å². The third-order valence-electron chi connectivity index (χ3n) is 4.13. The van der Waals surface area contributed by atoms with Crippen LogP contribution >= 0.6 is 11.3 Å². The lowest BCUT2D eigenvalue weighted by Crippen LogP contribution is -2.18. The van der Waals surface area contributed by atoms with Crippen LogP contribution in [0, 0.1) is 5.92 Å². The van der Waals surface area contributed by atoms with Gasteiger partial charge in [-0.1, -0.05) is 44.1 Å². The molecule has 110 valence electrons. The average molecular weight is 301 g/mol. The summed E-state index contributed by atoms with van der Waals surface area (Å²) >= 11 is 1.27. The Kier molecular flexibility index (Phi) is 3.92. The summed E-state index contributed by atoms with van der Waals surface area (Å²) in [7, 11) is 0. The number of rotatable bonds is 5. The third kappa shape index (κ3) is 2.65. The molecular formula is C16H19N3OS. The van der Waals surface area contributed by atoms with Gasteiger partial charge in [-0.05, 0) is 23.6 Å². The maximum absolute atomic E-state index is 11.5. The van der Waals surface area contributed by atoms with Gasteiger partial charge in [-0.15, -0.1) is 0 Å². The maximum atomic E-state index is 11.5. The Morgan fingerprint density at radius 1 is 1.33 bits per heavy atom. The number of aromatic amines is 1. The van der Waals surface area contributed by atoms with Gasteiger partial charge in [0.05, 0.1) is 22.6 Å². The highest BCUT2D eigenvalue weighted by Gasteiger charge is 2.22. The van der Waals surface area contributed by atoms with E-state index in [1.807, 2.05) is 24.8 Å². The van der Waals surface area contributed by atoms with Gasteiger partial charge >= 0.3 is 4.87 Å². The number of hydrogen-bond acceptors (Lipinski definition) is 3. The predicted octanol–water partition coefficient (Wildman–Crippen LogP) is 3.81. The van der Waals surface area contributed by atoms with Gasteiger partial charge in [0.25, 0.3) is 0 Å². The van der Waals surface area contributed by atoms with Crippen LogP contribution in [0.3, 0.4) is 0 Å². The second-order valence-corrected chi connectivity index (χ2v) is 6.32. The number of nitrogens with one attached hydrogen (secondary N) is 1. The van der Waals surface area contributed by atoms with Crippen molar-refractivity contribution < 1.29 is 0 Å².